The molecule has 4 amide bonds. The molecule has 1 fully saturated rings. The fraction of sp³-hybridized carbons (Fsp3) is 0.406. The molecule has 3 N–H and O–H groups in total. The van der Waals surface area contributed by atoms with E-state index in [9.17, 15) is 40.8 Å². The molecule has 2 aliphatic heterocycles. The van der Waals surface area contributed by atoms with Crippen LogP contribution >= 0.6 is 0 Å². The summed E-state index contributed by atoms with van der Waals surface area (Å²) in [7, 11) is -8.54. The molecule has 0 spiro atoms. The molecule has 2 heterocycles. The summed E-state index contributed by atoms with van der Waals surface area (Å²) in [6.07, 6.45) is 0.00333. The highest BCUT2D eigenvalue weighted by molar-refractivity contribution is 7.86. The first-order chi connectivity index (χ1) is 24.1. The standard InChI is InChI=1S/C32H35N3O14S2/c36-28(33-14-2-5-32(40)49-35-30(38)12-13-31(35)39)3-1-4-29(37)34-21-24-19-25(47-15-17-50(41,42)43)10-8-22(24)6-7-23-9-11-26(20-27(23)34)48-16-18-51(44,45)46/h8-11,19-20H,1-5,12-18,21H2,(H,33,36)(H,41,42,43)(H,44,45,46). The number of hydroxylamine groups is 2. The predicted octanol–water partition coefficient (Wildman–Crippen LogP) is 1.14. The highest BCUT2D eigenvalue weighted by atomic mass is 32.2. The second-order valence-electron chi connectivity index (χ2n) is 11.3. The van der Waals surface area contributed by atoms with Crippen molar-refractivity contribution in [2.75, 3.05) is 36.2 Å². The number of amides is 4. The van der Waals surface area contributed by atoms with E-state index in [1.54, 1.807) is 24.3 Å². The number of fused-ring (bicyclic) bond motifs is 2. The number of carbonyl (C=O) groups excluding carboxylic acids is 5. The van der Waals surface area contributed by atoms with Gasteiger partial charge in [-0.05, 0) is 48.7 Å². The fourth-order valence-corrected chi connectivity index (χ4v) is 5.46. The zero-order valence-electron chi connectivity index (χ0n) is 27.2. The van der Waals surface area contributed by atoms with Crippen molar-refractivity contribution in [1.82, 2.24) is 10.4 Å². The van der Waals surface area contributed by atoms with Crippen molar-refractivity contribution in [2.45, 2.75) is 51.5 Å². The Morgan fingerprint density at radius 2 is 1.37 bits per heavy atom. The first-order valence-corrected chi connectivity index (χ1v) is 18.9. The molecular formula is C32H35N3O14S2. The number of nitrogens with one attached hydrogen (secondary N) is 1. The first-order valence-electron chi connectivity index (χ1n) is 15.7. The Morgan fingerprint density at radius 1 is 0.784 bits per heavy atom. The minimum atomic E-state index is -4.28. The van der Waals surface area contributed by atoms with Gasteiger partial charge in [-0.1, -0.05) is 11.8 Å². The quantitative estimate of drug-likeness (QED) is 0.0890. The van der Waals surface area contributed by atoms with E-state index in [0.29, 0.717) is 27.4 Å². The molecule has 1 saturated heterocycles. The summed E-state index contributed by atoms with van der Waals surface area (Å²) in [5.41, 5.74) is 1.86. The molecule has 0 bridgehead atoms. The Labute approximate surface area is 293 Å². The monoisotopic (exact) mass is 749 g/mol. The second kappa shape index (κ2) is 17.3. The number of ether oxygens (including phenoxy) is 2. The van der Waals surface area contributed by atoms with E-state index in [0.717, 1.165) is 0 Å². The topological polar surface area (TPSA) is 240 Å². The first kappa shape index (κ1) is 38.8. The van der Waals surface area contributed by atoms with Gasteiger partial charge in [-0.25, -0.2) is 4.79 Å². The van der Waals surface area contributed by atoms with Gasteiger partial charge in [0.2, 0.25) is 11.8 Å². The van der Waals surface area contributed by atoms with Crippen molar-refractivity contribution >= 4 is 55.5 Å². The van der Waals surface area contributed by atoms with Gasteiger partial charge in [-0.2, -0.15) is 16.8 Å². The zero-order chi connectivity index (χ0) is 37.2. The lowest BCUT2D eigenvalue weighted by Gasteiger charge is -2.27. The molecule has 0 atom stereocenters. The SMILES string of the molecule is O=C(CCCC(=O)N1Cc2cc(OCCS(=O)(=O)O)ccc2C#Cc2ccc(OCCS(=O)(=O)O)cc21)NCCCC(=O)ON1C(=O)CCC1=O. The third kappa shape index (κ3) is 12.4. The number of benzene rings is 2. The lowest BCUT2D eigenvalue weighted by atomic mass is 10.0. The van der Waals surface area contributed by atoms with E-state index in [1.807, 2.05) is 0 Å². The Balaban J connectivity index is 1.40. The number of nitrogens with zero attached hydrogens (tertiary/aromatic N) is 2. The van der Waals surface area contributed by atoms with Crippen LogP contribution in [0, 0.1) is 11.8 Å². The van der Waals surface area contributed by atoms with E-state index in [-0.39, 0.29) is 88.7 Å². The summed E-state index contributed by atoms with van der Waals surface area (Å²) < 4.78 is 73.5. The number of rotatable bonds is 17. The summed E-state index contributed by atoms with van der Waals surface area (Å²) in [5, 5.41) is 3.09. The molecule has 17 nitrogen and oxygen atoms in total. The van der Waals surface area contributed by atoms with E-state index >= 15 is 0 Å². The summed E-state index contributed by atoms with van der Waals surface area (Å²) in [5.74, 6) is 2.45. The van der Waals surface area contributed by atoms with Gasteiger partial charge in [0.05, 0.1) is 12.2 Å². The molecule has 0 aromatic heterocycles. The molecule has 51 heavy (non-hydrogen) atoms. The molecule has 0 aliphatic carbocycles. The molecule has 0 saturated carbocycles. The molecule has 4 rings (SSSR count). The van der Waals surface area contributed by atoms with Crippen LogP contribution < -0.4 is 19.7 Å². The van der Waals surface area contributed by atoms with Crippen LogP contribution in [0.25, 0.3) is 0 Å². The van der Waals surface area contributed by atoms with Gasteiger partial charge in [-0.15, -0.1) is 5.06 Å². The van der Waals surface area contributed by atoms with Crippen molar-refractivity contribution in [3.05, 3.63) is 53.1 Å². The van der Waals surface area contributed by atoms with Crippen LogP contribution in [0.3, 0.4) is 0 Å². The molecule has 19 heteroatoms. The van der Waals surface area contributed by atoms with Gasteiger partial charge in [0.25, 0.3) is 32.1 Å². The van der Waals surface area contributed by atoms with Gasteiger partial charge < -0.3 is 24.5 Å². The highest BCUT2D eigenvalue weighted by Crippen LogP contribution is 2.31. The maximum atomic E-state index is 13.7. The maximum Gasteiger partial charge on any atom is 0.333 e. The Bertz CT molecular complexity index is 1950. The molecule has 274 valence electrons. The molecule has 0 unspecified atom stereocenters. The number of carbonyl (C=O) groups is 5. The number of hydrogen-bond acceptors (Lipinski definition) is 12. The molecule has 2 aromatic carbocycles. The van der Waals surface area contributed by atoms with Crippen LogP contribution in [-0.2, 0) is 55.6 Å². The molecule has 2 aromatic rings. The Hall–Kier alpha value is -5.03. The van der Waals surface area contributed by atoms with Crippen molar-refractivity contribution in [3.63, 3.8) is 0 Å². The number of imide groups is 1. The second-order valence-corrected chi connectivity index (χ2v) is 14.5. The molecular weight excluding hydrogens is 714 g/mol. The van der Waals surface area contributed by atoms with Crippen LogP contribution in [0.15, 0.2) is 36.4 Å². The third-order valence-corrected chi connectivity index (χ3v) is 8.76. The molecule has 0 radical (unpaired) electrons. The summed E-state index contributed by atoms with van der Waals surface area (Å²) in [4.78, 5) is 67.5. The van der Waals surface area contributed by atoms with E-state index in [2.05, 4.69) is 17.2 Å². The lowest BCUT2D eigenvalue weighted by Crippen LogP contribution is -2.33. The highest BCUT2D eigenvalue weighted by Gasteiger charge is 2.32. The van der Waals surface area contributed by atoms with Crippen molar-refractivity contribution < 1.29 is 64.2 Å². The lowest BCUT2D eigenvalue weighted by molar-refractivity contribution is -0.197. The molecule has 2 aliphatic rings. The van der Waals surface area contributed by atoms with E-state index in [4.69, 9.17) is 23.4 Å². The van der Waals surface area contributed by atoms with Crippen LogP contribution in [0.4, 0.5) is 5.69 Å². The van der Waals surface area contributed by atoms with Gasteiger partial charge >= 0.3 is 5.97 Å². The van der Waals surface area contributed by atoms with Crippen molar-refractivity contribution in [2.24, 2.45) is 0 Å². The van der Waals surface area contributed by atoms with Crippen molar-refractivity contribution in [1.29, 1.82) is 0 Å². The maximum absolute atomic E-state index is 13.7. The minimum absolute atomic E-state index is 0.0245. The summed E-state index contributed by atoms with van der Waals surface area (Å²) >= 11 is 0. The average molecular weight is 750 g/mol. The minimum Gasteiger partial charge on any atom is -0.492 e. The summed E-state index contributed by atoms with van der Waals surface area (Å²) in [6.45, 7) is -0.616. The largest absolute Gasteiger partial charge is 0.492 e. The van der Waals surface area contributed by atoms with Crippen LogP contribution in [0.1, 0.15) is 61.6 Å². The van der Waals surface area contributed by atoms with Gasteiger partial charge in [0.15, 0.2) is 0 Å². The van der Waals surface area contributed by atoms with E-state index in [1.165, 1.54) is 17.0 Å². The summed E-state index contributed by atoms with van der Waals surface area (Å²) in [6, 6.07) is 9.40. The third-order valence-electron chi connectivity index (χ3n) is 7.39. The van der Waals surface area contributed by atoms with Gasteiger partial charge in [0.1, 0.15) is 36.2 Å². The van der Waals surface area contributed by atoms with Gasteiger partial charge in [0, 0.05) is 55.8 Å². The Kier molecular flexibility index (Phi) is 13.1. The normalized spacial score (nSPS) is 14.0. The zero-order valence-corrected chi connectivity index (χ0v) is 28.8. The van der Waals surface area contributed by atoms with Crippen LogP contribution in [-0.4, -0.2) is 91.9 Å². The number of hydrogen-bond donors (Lipinski definition) is 3. The smallest absolute Gasteiger partial charge is 0.333 e. The van der Waals surface area contributed by atoms with Crippen LogP contribution in [0.2, 0.25) is 0 Å². The number of anilines is 1. The van der Waals surface area contributed by atoms with Crippen LogP contribution in [0.5, 0.6) is 11.5 Å². The predicted molar refractivity (Wildman–Crippen MR) is 177 cm³/mol. The Morgan fingerprint density at radius 3 is 2.00 bits per heavy atom. The van der Waals surface area contributed by atoms with Gasteiger partial charge in [-0.3, -0.25) is 28.3 Å². The average Bonchev–Trinajstić information content (AvgIpc) is 3.35. The van der Waals surface area contributed by atoms with E-state index < -0.39 is 55.4 Å². The van der Waals surface area contributed by atoms with Crippen molar-refractivity contribution in [3.8, 4) is 23.3 Å². The fourth-order valence-electron chi connectivity index (χ4n) is 4.87.